The zero-order valence-electron chi connectivity index (χ0n) is 26.9. The van der Waals surface area contributed by atoms with Crippen LogP contribution in [0.15, 0.2) is 82.8 Å². The maximum atomic E-state index is 15.2. The van der Waals surface area contributed by atoms with Crippen LogP contribution in [0.4, 0.5) is 44.7 Å². The predicted molar refractivity (Wildman–Crippen MR) is 180 cm³/mol. The summed E-state index contributed by atoms with van der Waals surface area (Å²) in [5, 5.41) is 13.0. The van der Waals surface area contributed by atoms with Crippen molar-refractivity contribution in [3.8, 4) is 0 Å². The fourth-order valence-electron chi connectivity index (χ4n) is 8.15. The maximum absolute atomic E-state index is 15.2. The third-order valence-electron chi connectivity index (χ3n) is 10.5. The Balaban J connectivity index is 1.22. The molecule has 3 fully saturated rings. The zero-order chi connectivity index (χ0) is 37.7. The normalized spacial score (nSPS) is 27.9. The van der Waals surface area contributed by atoms with Crippen molar-refractivity contribution in [2.24, 2.45) is 17.8 Å². The topological polar surface area (TPSA) is 120 Å². The fourth-order valence-corrected chi connectivity index (χ4v) is 9.07. The summed E-state index contributed by atoms with van der Waals surface area (Å²) in [5.74, 6) is -21.8. The molecule has 53 heavy (non-hydrogen) atoms. The van der Waals surface area contributed by atoms with Gasteiger partial charge in [-0.2, -0.15) is 0 Å². The number of hydrogen-bond acceptors (Lipinski definition) is 7. The first-order valence-corrected chi connectivity index (χ1v) is 17.0. The molecule has 3 heterocycles. The van der Waals surface area contributed by atoms with E-state index in [1.807, 2.05) is 30.3 Å². The van der Waals surface area contributed by atoms with E-state index in [1.54, 1.807) is 30.3 Å². The third-order valence-corrected chi connectivity index (χ3v) is 11.9. The Morgan fingerprint density at radius 1 is 0.755 bits per heavy atom. The summed E-state index contributed by atoms with van der Waals surface area (Å²) < 4.78 is 79.0. The number of halogens is 7. The number of furan rings is 1. The summed E-state index contributed by atoms with van der Waals surface area (Å²) in [4.78, 5) is 52.2. The number of carbonyl (C=O) groups excluding carboxylic acids is 4. The number of nitrogens with one attached hydrogen (secondary N) is 1. The highest BCUT2D eigenvalue weighted by Gasteiger charge is 2.77. The molecule has 4 amide bonds. The number of nitrogens with zero attached hydrogens (tertiary/aromatic N) is 2. The van der Waals surface area contributed by atoms with E-state index in [0.717, 1.165) is 10.6 Å². The lowest BCUT2D eigenvalue weighted by Gasteiger charge is -2.49. The molecule has 2 saturated heterocycles. The van der Waals surface area contributed by atoms with Crippen LogP contribution in [0.3, 0.4) is 0 Å². The van der Waals surface area contributed by atoms with Crippen LogP contribution in [0, 0.1) is 46.8 Å². The average molecular weight is 773 g/mol. The van der Waals surface area contributed by atoms with Crippen LogP contribution in [0.5, 0.6) is 0 Å². The van der Waals surface area contributed by atoms with Crippen molar-refractivity contribution in [1.29, 1.82) is 0 Å². The molecule has 0 spiro atoms. The van der Waals surface area contributed by atoms with Crippen molar-refractivity contribution in [2.45, 2.75) is 35.1 Å². The molecule has 0 unspecified atom stereocenters. The molecule has 0 radical (unpaired) electrons. The molecule has 1 aromatic heterocycles. The molecule has 0 bridgehead atoms. The molecule has 2 aliphatic heterocycles. The average Bonchev–Trinajstić information content (AvgIpc) is 3.77. The van der Waals surface area contributed by atoms with Gasteiger partial charge in [-0.05, 0) is 67.3 Å². The second-order valence-electron chi connectivity index (χ2n) is 13.2. The Bertz CT molecular complexity index is 2260. The summed E-state index contributed by atoms with van der Waals surface area (Å²) in [6.45, 7) is -0.619. The number of fused-ring (bicyclic) bond motifs is 4. The molecular formula is C37H24Cl2F5N3O6. The van der Waals surface area contributed by atoms with Crippen LogP contribution in [0.2, 0.25) is 0 Å². The van der Waals surface area contributed by atoms with E-state index in [9.17, 15) is 37.5 Å². The number of anilines is 4. The molecule has 2 aliphatic carbocycles. The van der Waals surface area contributed by atoms with Crippen LogP contribution in [-0.2, 0) is 25.8 Å². The highest BCUT2D eigenvalue weighted by atomic mass is 35.5. The Morgan fingerprint density at radius 2 is 1.38 bits per heavy atom. The zero-order valence-corrected chi connectivity index (χ0v) is 28.4. The summed E-state index contributed by atoms with van der Waals surface area (Å²) in [7, 11) is 0. The van der Waals surface area contributed by atoms with E-state index >= 15 is 8.78 Å². The number of para-hydroxylation sites is 1. The first-order valence-electron chi connectivity index (χ1n) is 16.2. The van der Waals surface area contributed by atoms with Gasteiger partial charge in [0.05, 0.1) is 23.4 Å². The van der Waals surface area contributed by atoms with Crippen molar-refractivity contribution >= 4 is 69.6 Å². The van der Waals surface area contributed by atoms with Gasteiger partial charge in [0, 0.05) is 11.4 Å². The summed E-state index contributed by atoms with van der Waals surface area (Å²) in [5.41, 5.74) is 0.0660. The van der Waals surface area contributed by atoms with Gasteiger partial charge in [0.15, 0.2) is 33.0 Å². The number of rotatable bonds is 6. The molecule has 4 aromatic rings. The number of amides is 4. The molecule has 9 nitrogen and oxygen atoms in total. The predicted octanol–water partition coefficient (Wildman–Crippen LogP) is 6.98. The molecule has 3 aromatic carbocycles. The van der Waals surface area contributed by atoms with Crippen LogP contribution in [-0.4, -0.2) is 38.5 Å². The van der Waals surface area contributed by atoms with Crippen molar-refractivity contribution in [2.75, 3.05) is 15.1 Å². The molecular weight excluding hydrogens is 748 g/mol. The quantitative estimate of drug-likeness (QED) is 0.0542. The van der Waals surface area contributed by atoms with Gasteiger partial charge in [0.1, 0.15) is 23.8 Å². The van der Waals surface area contributed by atoms with Crippen LogP contribution in [0.25, 0.3) is 0 Å². The molecule has 272 valence electrons. The summed E-state index contributed by atoms with van der Waals surface area (Å²) in [6, 6.07) is 18.4. The first kappa shape index (κ1) is 35.0. The summed E-state index contributed by atoms with van der Waals surface area (Å²) in [6.07, 6.45) is 0.859. The van der Waals surface area contributed by atoms with Gasteiger partial charge in [0.2, 0.25) is 17.6 Å². The lowest BCUT2D eigenvalue weighted by Crippen LogP contribution is -2.60. The van der Waals surface area contributed by atoms with E-state index in [4.69, 9.17) is 27.6 Å². The lowest BCUT2D eigenvalue weighted by molar-refractivity contribution is -0.125. The monoisotopic (exact) mass is 771 g/mol. The van der Waals surface area contributed by atoms with E-state index in [0.29, 0.717) is 5.69 Å². The lowest BCUT2D eigenvalue weighted by atomic mass is 9.57. The van der Waals surface area contributed by atoms with Gasteiger partial charge in [-0.25, -0.2) is 26.9 Å². The van der Waals surface area contributed by atoms with Gasteiger partial charge >= 0.3 is 0 Å². The second-order valence-corrected chi connectivity index (χ2v) is 14.4. The Morgan fingerprint density at radius 3 is 2.00 bits per heavy atom. The van der Waals surface area contributed by atoms with E-state index in [2.05, 4.69) is 5.32 Å². The minimum Gasteiger partial charge on any atom is -0.463 e. The highest BCUT2D eigenvalue weighted by Crippen LogP contribution is 2.66. The molecule has 1 saturated carbocycles. The number of carbonyl (C=O) groups is 4. The van der Waals surface area contributed by atoms with E-state index in [-0.39, 0.29) is 34.1 Å². The standard InChI is InChI=1S/C37H24Cl2F5N3O6/c38-36-14-22-20(11-12-21-24(22)33(50)46(32(21)49)18-8-6-17(7-9-18)45-16-4-2-1-3-5-16)25(23-13-10-19(15-48)53-23)37(36,39)35(52)47(34(36)51)31-29(43)27(41)26(40)28(42)30(31)44/h1-11,13,21-22,24-25,45,48H,12,14-15H2/t21-,22+,24-,25+,36+,37-/m0/s1. The van der Waals surface area contributed by atoms with Gasteiger partial charge in [0.25, 0.3) is 11.8 Å². The van der Waals surface area contributed by atoms with Crippen LogP contribution >= 0.6 is 23.2 Å². The smallest absolute Gasteiger partial charge is 0.258 e. The molecule has 8 rings (SSSR count). The highest BCUT2D eigenvalue weighted by molar-refractivity contribution is 6.58. The Labute approximate surface area is 306 Å². The van der Waals surface area contributed by atoms with Gasteiger partial charge < -0.3 is 14.8 Å². The largest absolute Gasteiger partial charge is 0.463 e. The first-order chi connectivity index (χ1) is 25.2. The second kappa shape index (κ2) is 12.3. The number of hydrogen-bond donors (Lipinski definition) is 2. The van der Waals surface area contributed by atoms with Crippen LogP contribution in [0.1, 0.15) is 30.3 Å². The minimum absolute atomic E-state index is 0.0197. The van der Waals surface area contributed by atoms with Gasteiger partial charge in [-0.1, -0.05) is 29.8 Å². The van der Waals surface area contributed by atoms with Crippen LogP contribution < -0.4 is 15.1 Å². The van der Waals surface area contributed by atoms with Crippen molar-refractivity contribution < 1.29 is 50.7 Å². The number of aliphatic hydroxyl groups is 1. The Hall–Kier alpha value is -5.05. The van der Waals surface area contributed by atoms with Gasteiger partial charge in [-0.3, -0.25) is 24.1 Å². The number of alkyl halides is 2. The molecule has 2 N–H and O–H groups in total. The van der Waals surface area contributed by atoms with E-state index in [1.165, 1.54) is 12.1 Å². The third kappa shape index (κ3) is 4.77. The molecule has 4 aliphatic rings. The molecule has 16 heteroatoms. The van der Waals surface area contributed by atoms with Crippen molar-refractivity contribution in [3.63, 3.8) is 0 Å². The SMILES string of the molecule is O=C1[C@H]2[C@H](CC=C3[C@H]2C[C@@]2(Cl)C(=O)N(c4c(F)c(F)c(F)c(F)c4F)C(=O)[C@@]2(Cl)[C@H]3c2ccc(CO)o2)C(=O)N1c1ccc(Nc2ccccc2)cc1. The Kier molecular flexibility index (Phi) is 8.09. The molecule has 6 atom stereocenters. The van der Waals surface area contributed by atoms with E-state index < -0.39 is 105 Å². The van der Waals surface area contributed by atoms with Crippen molar-refractivity contribution in [3.05, 3.63) is 119 Å². The number of benzene rings is 3. The van der Waals surface area contributed by atoms with Gasteiger partial charge in [-0.15, -0.1) is 23.2 Å². The number of allylic oxidation sites excluding steroid dienone is 2. The number of aliphatic hydroxyl groups excluding tert-OH is 1. The van der Waals surface area contributed by atoms with Crippen molar-refractivity contribution in [1.82, 2.24) is 0 Å². The fraction of sp³-hybridized carbons (Fsp3) is 0.243. The maximum Gasteiger partial charge on any atom is 0.258 e. The number of imide groups is 2. The minimum atomic E-state index is -2.72. The summed E-state index contributed by atoms with van der Waals surface area (Å²) >= 11 is 14.2.